The van der Waals surface area contributed by atoms with Crippen LogP contribution in [0.4, 0.5) is 5.69 Å². The van der Waals surface area contributed by atoms with E-state index in [-0.39, 0.29) is 22.9 Å². The molecular weight excluding hydrogens is 378 g/mol. The molecule has 154 valence electrons. The molecule has 8 heteroatoms. The Labute approximate surface area is 167 Å². The molecule has 1 aromatic carbocycles. The molecule has 1 amide bonds. The van der Waals surface area contributed by atoms with Crippen molar-refractivity contribution >= 4 is 21.6 Å². The molecule has 0 aliphatic rings. The van der Waals surface area contributed by atoms with E-state index in [0.717, 1.165) is 5.76 Å². The number of carbonyl (C=O) groups is 1. The molecule has 0 saturated carbocycles. The zero-order chi connectivity index (χ0) is 20.9. The molecule has 2 atom stereocenters. The Kier molecular flexibility index (Phi) is 7.40. The Morgan fingerprint density at radius 1 is 1.21 bits per heavy atom. The van der Waals surface area contributed by atoms with Gasteiger partial charge in [-0.2, -0.15) is 4.31 Å². The van der Waals surface area contributed by atoms with Gasteiger partial charge in [0.25, 0.3) is 5.91 Å². The van der Waals surface area contributed by atoms with Gasteiger partial charge in [-0.3, -0.25) is 4.79 Å². The van der Waals surface area contributed by atoms with Crippen LogP contribution in [0.2, 0.25) is 0 Å². The van der Waals surface area contributed by atoms with E-state index in [1.165, 1.54) is 10.4 Å². The minimum Gasteiger partial charge on any atom is -0.463 e. The van der Waals surface area contributed by atoms with Crippen LogP contribution in [0.3, 0.4) is 0 Å². The standard InChI is InChI=1S/C20H29N3O4S/c1-6-23(7-2)28(25,26)19-13-17(11-10-14(19)3)22-20(24)16(5)21-15(4)18-9-8-12-27-18/h8-13,15-16,21H,6-7H2,1-5H3,(H,22,24)/p+1/t15-,16-/m1/s1. The Hall–Kier alpha value is -2.16. The van der Waals surface area contributed by atoms with E-state index < -0.39 is 10.0 Å². The Balaban J connectivity index is 2.15. The van der Waals surface area contributed by atoms with Crippen molar-refractivity contribution in [1.82, 2.24) is 4.31 Å². The molecule has 1 aromatic heterocycles. The molecule has 0 aliphatic heterocycles. The molecule has 0 saturated heterocycles. The number of benzene rings is 1. The van der Waals surface area contributed by atoms with Gasteiger partial charge >= 0.3 is 0 Å². The fourth-order valence-electron chi connectivity index (χ4n) is 3.08. The van der Waals surface area contributed by atoms with E-state index in [9.17, 15) is 13.2 Å². The minimum atomic E-state index is -3.60. The first-order chi connectivity index (χ1) is 13.2. The zero-order valence-corrected chi connectivity index (χ0v) is 17.9. The summed E-state index contributed by atoms with van der Waals surface area (Å²) in [6.07, 6.45) is 1.61. The molecule has 1 heterocycles. The molecule has 0 fully saturated rings. The average Bonchev–Trinajstić information content (AvgIpc) is 3.18. The lowest BCUT2D eigenvalue weighted by molar-refractivity contribution is -0.711. The molecule has 0 aliphatic carbocycles. The SMILES string of the molecule is CCN(CC)S(=O)(=O)c1cc(NC(=O)[C@@H](C)[NH2+][C@H](C)c2ccco2)ccc1C. The minimum absolute atomic E-state index is 0.00706. The van der Waals surface area contributed by atoms with Gasteiger partial charge in [0.1, 0.15) is 6.04 Å². The van der Waals surface area contributed by atoms with Gasteiger partial charge < -0.3 is 15.1 Å². The summed E-state index contributed by atoms with van der Waals surface area (Å²) in [6.45, 7) is 9.92. The van der Waals surface area contributed by atoms with Gasteiger partial charge in [-0.25, -0.2) is 8.42 Å². The van der Waals surface area contributed by atoms with Crippen molar-refractivity contribution in [2.45, 2.75) is 51.6 Å². The number of hydrogen-bond donors (Lipinski definition) is 2. The van der Waals surface area contributed by atoms with E-state index in [1.54, 1.807) is 46.1 Å². The van der Waals surface area contributed by atoms with Crippen LogP contribution in [0.25, 0.3) is 0 Å². The topological polar surface area (TPSA) is 96.2 Å². The monoisotopic (exact) mass is 408 g/mol. The van der Waals surface area contributed by atoms with Crippen molar-refractivity contribution in [3.63, 3.8) is 0 Å². The molecule has 28 heavy (non-hydrogen) atoms. The number of nitrogens with two attached hydrogens (primary N) is 1. The second-order valence-electron chi connectivity index (χ2n) is 6.84. The predicted octanol–water partition coefficient (Wildman–Crippen LogP) is 2.27. The van der Waals surface area contributed by atoms with Gasteiger partial charge in [-0.15, -0.1) is 0 Å². The summed E-state index contributed by atoms with van der Waals surface area (Å²) < 4.78 is 32.5. The second kappa shape index (κ2) is 9.36. The fourth-order valence-corrected chi connectivity index (χ4v) is 4.79. The number of aryl methyl sites for hydroxylation is 1. The first-order valence-electron chi connectivity index (χ1n) is 9.50. The van der Waals surface area contributed by atoms with Crippen LogP contribution in [-0.2, 0) is 14.8 Å². The van der Waals surface area contributed by atoms with E-state index in [2.05, 4.69) is 5.32 Å². The van der Waals surface area contributed by atoms with Gasteiger partial charge in [-0.05, 0) is 50.6 Å². The molecule has 0 radical (unpaired) electrons. The number of sulfonamides is 1. The third-order valence-corrected chi connectivity index (χ3v) is 6.95. The summed E-state index contributed by atoms with van der Waals surface area (Å²) >= 11 is 0. The second-order valence-corrected chi connectivity index (χ2v) is 8.75. The van der Waals surface area contributed by atoms with Crippen LogP contribution in [0.1, 0.15) is 45.1 Å². The van der Waals surface area contributed by atoms with Gasteiger partial charge in [0, 0.05) is 18.8 Å². The summed E-state index contributed by atoms with van der Waals surface area (Å²) in [5, 5.41) is 4.72. The van der Waals surface area contributed by atoms with Crippen molar-refractivity contribution in [3.05, 3.63) is 47.9 Å². The van der Waals surface area contributed by atoms with Crippen molar-refractivity contribution in [3.8, 4) is 0 Å². The first kappa shape index (κ1) is 22.1. The molecule has 2 aromatic rings. The van der Waals surface area contributed by atoms with Gasteiger partial charge in [0.2, 0.25) is 10.0 Å². The van der Waals surface area contributed by atoms with Crippen LogP contribution in [0.5, 0.6) is 0 Å². The van der Waals surface area contributed by atoms with Crippen LogP contribution >= 0.6 is 0 Å². The number of nitrogens with one attached hydrogen (secondary N) is 1. The number of anilines is 1. The maximum absolute atomic E-state index is 12.9. The van der Waals surface area contributed by atoms with Crippen LogP contribution in [0, 0.1) is 6.92 Å². The lowest BCUT2D eigenvalue weighted by atomic mass is 10.2. The number of quaternary nitrogens is 1. The highest BCUT2D eigenvalue weighted by Crippen LogP contribution is 2.23. The quantitative estimate of drug-likeness (QED) is 0.665. The molecule has 3 N–H and O–H groups in total. The zero-order valence-electron chi connectivity index (χ0n) is 17.1. The number of carbonyl (C=O) groups excluding carboxylic acids is 1. The van der Waals surface area contributed by atoms with Gasteiger partial charge in [0.15, 0.2) is 11.8 Å². The van der Waals surface area contributed by atoms with Gasteiger partial charge in [0.05, 0.1) is 11.2 Å². The lowest BCUT2D eigenvalue weighted by Gasteiger charge is -2.20. The highest BCUT2D eigenvalue weighted by molar-refractivity contribution is 7.89. The van der Waals surface area contributed by atoms with E-state index in [4.69, 9.17) is 4.42 Å². The first-order valence-corrected chi connectivity index (χ1v) is 10.9. The highest BCUT2D eigenvalue weighted by atomic mass is 32.2. The summed E-state index contributed by atoms with van der Waals surface area (Å²) in [7, 11) is -3.60. The van der Waals surface area contributed by atoms with E-state index in [0.29, 0.717) is 24.3 Å². The van der Waals surface area contributed by atoms with Crippen LogP contribution in [-0.4, -0.2) is 37.8 Å². The summed E-state index contributed by atoms with van der Waals surface area (Å²) in [5.74, 6) is 0.594. The van der Waals surface area contributed by atoms with E-state index in [1.807, 2.05) is 24.4 Å². The number of amides is 1. The smallest absolute Gasteiger partial charge is 0.282 e. The third-order valence-electron chi connectivity index (χ3n) is 4.76. The Bertz CT molecular complexity index is 890. The molecule has 0 unspecified atom stereocenters. The average molecular weight is 409 g/mol. The number of hydrogen-bond acceptors (Lipinski definition) is 4. The normalized spacial score (nSPS) is 14.1. The predicted molar refractivity (Wildman–Crippen MR) is 108 cm³/mol. The largest absolute Gasteiger partial charge is 0.463 e. The molecule has 0 bridgehead atoms. The number of nitrogens with zero attached hydrogens (tertiary/aromatic N) is 1. The molecule has 2 rings (SSSR count). The summed E-state index contributed by atoms with van der Waals surface area (Å²) in [4.78, 5) is 12.8. The maximum Gasteiger partial charge on any atom is 0.282 e. The Morgan fingerprint density at radius 3 is 2.46 bits per heavy atom. The molecular formula is C20H30N3O4S+. The molecule has 0 spiro atoms. The number of furan rings is 1. The highest BCUT2D eigenvalue weighted by Gasteiger charge is 2.25. The number of rotatable bonds is 9. The van der Waals surface area contributed by atoms with E-state index >= 15 is 0 Å². The summed E-state index contributed by atoms with van der Waals surface area (Å²) in [6, 6.07) is 8.27. The Morgan fingerprint density at radius 2 is 1.89 bits per heavy atom. The third kappa shape index (κ3) is 5.01. The maximum atomic E-state index is 12.9. The lowest BCUT2D eigenvalue weighted by Crippen LogP contribution is -2.91. The van der Waals surface area contributed by atoms with Crippen molar-refractivity contribution in [1.29, 1.82) is 0 Å². The van der Waals surface area contributed by atoms with Crippen molar-refractivity contribution < 1.29 is 22.9 Å². The fraction of sp³-hybridized carbons (Fsp3) is 0.450. The molecule has 7 nitrogen and oxygen atoms in total. The van der Waals surface area contributed by atoms with Crippen LogP contribution in [0.15, 0.2) is 45.9 Å². The van der Waals surface area contributed by atoms with Gasteiger partial charge in [-0.1, -0.05) is 19.9 Å². The van der Waals surface area contributed by atoms with Crippen LogP contribution < -0.4 is 10.6 Å². The summed E-state index contributed by atoms with van der Waals surface area (Å²) in [5.41, 5.74) is 1.11. The van der Waals surface area contributed by atoms with Crippen molar-refractivity contribution in [2.24, 2.45) is 0 Å². The van der Waals surface area contributed by atoms with Crippen molar-refractivity contribution in [2.75, 3.05) is 18.4 Å².